The van der Waals surface area contributed by atoms with Gasteiger partial charge in [0.1, 0.15) is 5.75 Å². The van der Waals surface area contributed by atoms with Crippen molar-refractivity contribution in [2.45, 2.75) is 32.7 Å². The summed E-state index contributed by atoms with van der Waals surface area (Å²) in [6, 6.07) is 14.3. The number of hydrogen-bond donors (Lipinski definition) is 2. The molecule has 1 unspecified atom stereocenters. The molecule has 0 bridgehead atoms. The number of carbonyl (C=O) groups excluding carboxylic acids is 2. The molecule has 3 aromatic rings. The summed E-state index contributed by atoms with van der Waals surface area (Å²) in [6.07, 6.45) is 0.998. The highest BCUT2D eigenvalue weighted by Crippen LogP contribution is 2.28. The van der Waals surface area contributed by atoms with Gasteiger partial charge >= 0.3 is 0 Å². The van der Waals surface area contributed by atoms with E-state index >= 15 is 0 Å². The predicted octanol–water partition coefficient (Wildman–Crippen LogP) is 5.46. The van der Waals surface area contributed by atoms with Crippen molar-refractivity contribution in [1.82, 2.24) is 10.3 Å². The van der Waals surface area contributed by atoms with Crippen molar-refractivity contribution in [3.8, 4) is 17.0 Å². The smallest absolute Gasteiger partial charge is 0.228 e. The lowest BCUT2D eigenvalue weighted by Crippen LogP contribution is -2.30. The molecule has 6 nitrogen and oxygen atoms in total. The first-order chi connectivity index (χ1) is 15.0. The van der Waals surface area contributed by atoms with E-state index in [4.69, 9.17) is 16.3 Å². The number of nitrogens with one attached hydrogen (secondary N) is 2. The van der Waals surface area contributed by atoms with Gasteiger partial charge in [-0.3, -0.25) is 9.59 Å². The third-order valence-corrected chi connectivity index (χ3v) is 5.52. The number of hydrogen-bond acceptors (Lipinski definition) is 5. The van der Waals surface area contributed by atoms with Crippen LogP contribution in [0, 0.1) is 0 Å². The summed E-state index contributed by atoms with van der Waals surface area (Å²) < 4.78 is 5.60. The molecule has 31 heavy (non-hydrogen) atoms. The molecule has 2 N–H and O–H groups in total. The third kappa shape index (κ3) is 6.54. The molecule has 3 rings (SSSR count). The number of aromatic nitrogens is 1. The molecule has 1 atom stereocenters. The van der Waals surface area contributed by atoms with Gasteiger partial charge in [-0.05, 0) is 42.3 Å². The van der Waals surface area contributed by atoms with Gasteiger partial charge in [0.05, 0.1) is 24.8 Å². The number of ether oxygens (including phenoxy) is 1. The molecule has 0 aliphatic heterocycles. The topological polar surface area (TPSA) is 80.3 Å². The molecular weight excluding hydrogens is 434 g/mol. The largest absolute Gasteiger partial charge is 0.494 e. The molecule has 162 valence electrons. The summed E-state index contributed by atoms with van der Waals surface area (Å²) in [4.78, 5) is 28.7. The summed E-state index contributed by atoms with van der Waals surface area (Å²) in [5.41, 5.74) is 2.40. The number of carbonyl (C=O) groups is 2. The van der Waals surface area contributed by atoms with Crippen molar-refractivity contribution >= 4 is 39.9 Å². The zero-order valence-corrected chi connectivity index (χ0v) is 18.9. The van der Waals surface area contributed by atoms with E-state index in [1.54, 1.807) is 18.2 Å². The van der Waals surface area contributed by atoms with Gasteiger partial charge in [0.25, 0.3) is 0 Å². The Kier molecular flexibility index (Phi) is 8.03. The summed E-state index contributed by atoms with van der Waals surface area (Å²) in [5, 5.41) is 8.48. The van der Waals surface area contributed by atoms with Crippen LogP contribution in [0.15, 0.2) is 53.9 Å². The Morgan fingerprint density at radius 1 is 1.16 bits per heavy atom. The molecule has 0 saturated carbocycles. The van der Waals surface area contributed by atoms with Crippen LogP contribution in [-0.4, -0.2) is 23.4 Å². The van der Waals surface area contributed by atoms with E-state index in [-0.39, 0.29) is 18.2 Å². The normalized spacial score (nSPS) is 11.6. The van der Waals surface area contributed by atoms with Crippen LogP contribution in [-0.2, 0) is 9.59 Å². The monoisotopic (exact) mass is 457 g/mol. The molecule has 1 heterocycles. The van der Waals surface area contributed by atoms with Crippen LogP contribution in [0.1, 0.15) is 38.3 Å². The van der Waals surface area contributed by atoms with Gasteiger partial charge in [0.2, 0.25) is 11.8 Å². The fourth-order valence-corrected chi connectivity index (χ4v) is 4.01. The van der Waals surface area contributed by atoms with Crippen LogP contribution in [0.25, 0.3) is 11.3 Å². The van der Waals surface area contributed by atoms with Gasteiger partial charge < -0.3 is 15.4 Å². The number of nitrogens with zero attached hydrogens (tertiary/aromatic N) is 1. The van der Waals surface area contributed by atoms with Crippen LogP contribution in [0.4, 0.5) is 5.13 Å². The van der Waals surface area contributed by atoms with Crippen molar-refractivity contribution in [2.24, 2.45) is 0 Å². The first-order valence-corrected chi connectivity index (χ1v) is 11.2. The Morgan fingerprint density at radius 2 is 1.90 bits per heavy atom. The maximum absolute atomic E-state index is 12.6. The Hall–Kier alpha value is -2.90. The number of halogens is 1. The average Bonchev–Trinajstić information content (AvgIpc) is 3.20. The highest BCUT2D eigenvalue weighted by Gasteiger charge is 2.20. The molecule has 8 heteroatoms. The van der Waals surface area contributed by atoms with E-state index in [9.17, 15) is 9.59 Å². The van der Waals surface area contributed by atoms with Crippen LogP contribution in [0.5, 0.6) is 5.75 Å². The van der Waals surface area contributed by atoms with Crippen molar-refractivity contribution in [2.75, 3.05) is 11.9 Å². The Balaban J connectivity index is 1.65. The second-order valence-corrected chi connectivity index (χ2v) is 8.20. The maximum Gasteiger partial charge on any atom is 0.228 e. The molecule has 1 aromatic heterocycles. The number of amides is 2. The Morgan fingerprint density at radius 3 is 2.58 bits per heavy atom. The number of thiazole rings is 1. The second kappa shape index (κ2) is 10.9. The van der Waals surface area contributed by atoms with Gasteiger partial charge in [-0.2, -0.15) is 0 Å². The second-order valence-electron chi connectivity index (χ2n) is 6.94. The van der Waals surface area contributed by atoms with E-state index in [1.165, 1.54) is 18.3 Å². The SMILES string of the molecule is CCCOc1ccc(-c2csc(NC(=O)CC(NC(C)=O)c3ccccc3Cl)n2)cc1. The molecule has 0 fully saturated rings. The lowest BCUT2D eigenvalue weighted by molar-refractivity contribution is -0.120. The molecule has 2 amide bonds. The predicted molar refractivity (Wildman–Crippen MR) is 125 cm³/mol. The minimum Gasteiger partial charge on any atom is -0.494 e. The average molecular weight is 458 g/mol. The van der Waals surface area contributed by atoms with E-state index in [2.05, 4.69) is 22.5 Å². The Bertz CT molecular complexity index is 1040. The molecule has 0 saturated heterocycles. The zero-order valence-electron chi connectivity index (χ0n) is 17.4. The summed E-state index contributed by atoms with van der Waals surface area (Å²) in [6.45, 7) is 4.15. The van der Waals surface area contributed by atoms with E-state index < -0.39 is 6.04 Å². The van der Waals surface area contributed by atoms with Crippen molar-refractivity contribution < 1.29 is 14.3 Å². The molecule has 0 aliphatic rings. The highest BCUT2D eigenvalue weighted by molar-refractivity contribution is 7.14. The maximum atomic E-state index is 12.6. The molecule has 2 aromatic carbocycles. The lowest BCUT2D eigenvalue weighted by Gasteiger charge is -2.18. The molecule has 0 aliphatic carbocycles. The fraction of sp³-hybridized carbons (Fsp3) is 0.261. The van der Waals surface area contributed by atoms with E-state index in [0.29, 0.717) is 22.3 Å². The minimum atomic E-state index is -0.527. The number of benzene rings is 2. The fourth-order valence-electron chi connectivity index (χ4n) is 3.00. The van der Waals surface area contributed by atoms with Crippen molar-refractivity contribution in [1.29, 1.82) is 0 Å². The Labute approximate surface area is 190 Å². The van der Waals surface area contributed by atoms with Crippen molar-refractivity contribution in [3.05, 3.63) is 64.5 Å². The first kappa shape index (κ1) is 22.8. The number of rotatable bonds is 9. The van der Waals surface area contributed by atoms with Gasteiger partial charge in [0, 0.05) is 22.9 Å². The lowest BCUT2D eigenvalue weighted by atomic mass is 10.0. The summed E-state index contributed by atoms with van der Waals surface area (Å²) in [5.74, 6) is 0.321. The van der Waals surface area contributed by atoms with Crippen LogP contribution in [0.3, 0.4) is 0 Å². The van der Waals surface area contributed by atoms with E-state index in [1.807, 2.05) is 35.7 Å². The van der Waals surface area contributed by atoms with Gasteiger partial charge in [0.15, 0.2) is 5.13 Å². The number of anilines is 1. The summed E-state index contributed by atoms with van der Waals surface area (Å²) in [7, 11) is 0. The first-order valence-electron chi connectivity index (χ1n) is 9.96. The van der Waals surface area contributed by atoms with Crippen molar-refractivity contribution in [3.63, 3.8) is 0 Å². The molecular formula is C23H24ClN3O3S. The van der Waals surface area contributed by atoms with Gasteiger partial charge in [-0.1, -0.05) is 36.7 Å². The van der Waals surface area contributed by atoms with Crippen LogP contribution in [0.2, 0.25) is 5.02 Å². The van der Waals surface area contributed by atoms with E-state index in [0.717, 1.165) is 23.4 Å². The standard InChI is InChI=1S/C23H24ClN3O3S/c1-3-12-30-17-10-8-16(9-11-17)21-14-31-23(26-21)27-22(29)13-20(25-15(2)28)18-6-4-5-7-19(18)24/h4-11,14,20H,3,12-13H2,1-2H3,(H,25,28)(H,26,27,29). The van der Waals surface area contributed by atoms with Gasteiger partial charge in [-0.15, -0.1) is 11.3 Å². The minimum absolute atomic E-state index is 0.0433. The van der Waals surface area contributed by atoms with Crippen LogP contribution >= 0.6 is 22.9 Å². The zero-order chi connectivity index (χ0) is 22.2. The van der Waals surface area contributed by atoms with Crippen LogP contribution < -0.4 is 15.4 Å². The van der Waals surface area contributed by atoms with Gasteiger partial charge in [-0.25, -0.2) is 4.98 Å². The highest BCUT2D eigenvalue weighted by atomic mass is 35.5. The third-order valence-electron chi connectivity index (χ3n) is 4.42. The molecule has 0 spiro atoms. The summed E-state index contributed by atoms with van der Waals surface area (Å²) >= 11 is 7.60. The quantitative estimate of drug-likeness (QED) is 0.447. The molecule has 0 radical (unpaired) electrons.